The van der Waals surface area contributed by atoms with E-state index in [-0.39, 0.29) is 11.7 Å². The number of carbonyl (C=O) groups is 1. The van der Waals surface area contributed by atoms with Crippen LogP contribution >= 0.6 is 0 Å². The van der Waals surface area contributed by atoms with Gasteiger partial charge in [-0.05, 0) is 17.5 Å². The van der Waals surface area contributed by atoms with Gasteiger partial charge in [0.1, 0.15) is 11.4 Å². The predicted octanol–water partition coefficient (Wildman–Crippen LogP) is 3.29. The summed E-state index contributed by atoms with van der Waals surface area (Å²) in [6.45, 7) is 0. The van der Waals surface area contributed by atoms with Gasteiger partial charge in [-0.2, -0.15) is 0 Å². The summed E-state index contributed by atoms with van der Waals surface area (Å²) in [5.41, 5.74) is 0.658. The maximum atomic E-state index is 11.7. The first kappa shape index (κ1) is 13.1. The molecule has 1 aliphatic carbocycles. The molecule has 2 aromatic rings. The third kappa shape index (κ3) is 2.16. The van der Waals surface area contributed by atoms with Crippen LogP contribution in [0.25, 0.3) is 0 Å². The van der Waals surface area contributed by atoms with Gasteiger partial charge in [0.15, 0.2) is 0 Å². The summed E-state index contributed by atoms with van der Waals surface area (Å²) in [7, 11) is 0. The van der Waals surface area contributed by atoms with Gasteiger partial charge in [0.2, 0.25) is 0 Å². The molecule has 1 atom stereocenters. The first-order chi connectivity index (χ1) is 9.71. The Hall–Kier alpha value is -1.93. The van der Waals surface area contributed by atoms with E-state index in [1.807, 2.05) is 60.7 Å². The molecular formula is C18H18O2. The van der Waals surface area contributed by atoms with Gasteiger partial charge in [-0.25, -0.2) is 0 Å². The van der Waals surface area contributed by atoms with Crippen LogP contribution in [-0.4, -0.2) is 10.9 Å². The number of rotatable bonds is 3. The Bertz CT molecular complexity index is 550. The Morgan fingerprint density at radius 1 is 0.900 bits per heavy atom. The monoisotopic (exact) mass is 266 g/mol. The van der Waals surface area contributed by atoms with Crippen LogP contribution in [0.2, 0.25) is 0 Å². The van der Waals surface area contributed by atoms with E-state index in [4.69, 9.17) is 0 Å². The lowest BCUT2D eigenvalue weighted by Gasteiger charge is -2.35. The fourth-order valence-electron chi connectivity index (χ4n) is 3.19. The molecule has 0 radical (unpaired) electrons. The number of aliphatic hydroxyl groups is 1. The molecule has 1 fully saturated rings. The minimum absolute atomic E-state index is 0.0419. The van der Waals surface area contributed by atoms with Gasteiger partial charge in [0.05, 0.1) is 0 Å². The average molecular weight is 266 g/mol. The summed E-state index contributed by atoms with van der Waals surface area (Å²) < 4.78 is 0. The normalized spacial score (nSPS) is 19.2. The molecule has 0 bridgehead atoms. The Labute approximate surface area is 119 Å². The molecule has 0 saturated heterocycles. The molecule has 1 unspecified atom stereocenters. The Balaban J connectivity index is 2.10. The van der Waals surface area contributed by atoms with Crippen LogP contribution in [0.5, 0.6) is 0 Å². The van der Waals surface area contributed by atoms with Crippen LogP contribution in [-0.2, 0) is 10.4 Å². The summed E-state index contributed by atoms with van der Waals surface area (Å²) in [5, 5.41) is 11.4. The van der Waals surface area contributed by atoms with Gasteiger partial charge in [-0.15, -0.1) is 0 Å². The van der Waals surface area contributed by atoms with Crippen molar-refractivity contribution >= 4 is 5.78 Å². The number of carbonyl (C=O) groups excluding carboxylic acids is 1. The first-order valence-electron chi connectivity index (χ1n) is 7.06. The van der Waals surface area contributed by atoms with E-state index < -0.39 is 5.60 Å². The molecule has 1 aliphatic rings. The first-order valence-corrected chi connectivity index (χ1v) is 7.06. The maximum Gasteiger partial charge on any atom is 0.133 e. The molecule has 0 aliphatic heterocycles. The lowest BCUT2D eigenvalue weighted by atomic mass is 9.75. The molecule has 2 heteroatoms. The molecule has 102 valence electrons. The highest BCUT2D eigenvalue weighted by Crippen LogP contribution is 2.43. The number of Topliss-reactive ketones (excluding diaryl/α,β-unsaturated/α-hetero) is 1. The molecule has 0 heterocycles. The fraction of sp³-hybridized carbons (Fsp3) is 0.278. The van der Waals surface area contributed by atoms with Gasteiger partial charge >= 0.3 is 0 Å². The van der Waals surface area contributed by atoms with Crippen molar-refractivity contribution in [2.75, 3.05) is 0 Å². The molecule has 1 N–H and O–H groups in total. The van der Waals surface area contributed by atoms with Crippen molar-refractivity contribution in [1.82, 2.24) is 0 Å². The maximum absolute atomic E-state index is 11.7. The minimum atomic E-state index is -1.07. The Kier molecular flexibility index (Phi) is 3.41. The van der Waals surface area contributed by atoms with E-state index in [1.54, 1.807) is 0 Å². The second kappa shape index (κ2) is 5.22. The molecular weight excluding hydrogens is 248 g/mol. The molecule has 0 amide bonds. The van der Waals surface area contributed by atoms with Crippen molar-refractivity contribution in [2.24, 2.45) is 5.92 Å². The Morgan fingerprint density at radius 3 is 1.80 bits per heavy atom. The van der Waals surface area contributed by atoms with Crippen LogP contribution in [0.3, 0.4) is 0 Å². The minimum Gasteiger partial charge on any atom is -0.380 e. The van der Waals surface area contributed by atoms with Crippen molar-refractivity contribution in [2.45, 2.75) is 24.9 Å². The van der Waals surface area contributed by atoms with E-state index in [0.29, 0.717) is 12.8 Å². The Morgan fingerprint density at radius 2 is 1.40 bits per heavy atom. The summed E-state index contributed by atoms with van der Waals surface area (Å²) in [6.07, 6.45) is 1.78. The predicted molar refractivity (Wildman–Crippen MR) is 78.2 cm³/mol. The number of hydrogen-bond acceptors (Lipinski definition) is 2. The van der Waals surface area contributed by atoms with Crippen molar-refractivity contribution in [3.8, 4) is 0 Å². The van der Waals surface area contributed by atoms with E-state index in [9.17, 15) is 9.90 Å². The quantitative estimate of drug-likeness (QED) is 0.925. The zero-order valence-electron chi connectivity index (χ0n) is 11.3. The third-order valence-corrected chi connectivity index (χ3v) is 4.26. The molecule has 3 rings (SSSR count). The summed E-state index contributed by atoms with van der Waals surface area (Å²) >= 11 is 0. The second-order valence-electron chi connectivity index (χ2n) is 5.48. The molecule has 0 spiro atoms. The highest BCUT2D eigenvalue weighted by molar-refractivity contribution is 5.81. The summed E-state index contributed by atoms with van der Waals surface area (Å²) in [6, 6.07) is 19.4. The van der Waals surface area contributed by atoms with Gasteiger partial charge in [-0.1, -0.05) is 60.7 Å². The van der Waals surface area contributed by atoms with Crippen molar-refractivity contribution in [3.05, 3.63) is 71.8 Å². The molecule has 0 aromatic heterocycles. The summed E-state index contributed by atoms with van der Waals surface area (Å²) in [4.78, 5) is 11.7. The molecule has 1 saturated carbocycles. The van der Waals surface area contributed by atoms with Gasteiger partial charge in [0, 0.05) is 18.8 Å². The largest absolute Gasteiger partial charge is 0.380 e. The third-order valence-electron chi connectivity index (χ3n) is 4.26. The molecule has 2 nitrogen and oxygen atoms in total. The van der Waals surface area contributed by atoms with E-state index in [1.165, 1.54) is 0 Å². The topological polar surface area (TPSA) is 37.3 Å². The summed E-state index contributed by atoms with van der Waals surface area (Å²) in [5.74, 6) is 0.208. The van der Waals surface area contributed by atoms with Crippen LogP contribution in [0.4, 0.5) is 0 Å². The highest BCUT2D eigenvalue weighted by atomic mass is 16.3. The van der Waals surface area contributed by atoms with Gasteiger partial charge in [-0.3, -0.25) is 4.79 Å². The highest BCUT2D eigenvalue weighted by Gasteiger charge is 2.43. The lowest BCUT2D eigenvalue weighted by Crippen LogP contribution is -2.35. The standard InChI is InChI=1S/C18H18O2/c19-17-12-11-16(13-17)18(20,14-7-3-1-4-8-14)15-9-5-2-6-10-15/h1-10,16,20H,11-13H2. The van der Waals surface area contributed by atoms with Gasteiger partial charge in [0.25, 0.3) is 0 Å². The average Bonchev–Trinajstić information content (AvgIpc) is 2.95. The number of benzene rings is 2. The van der Waals surface area contributed by atoms with Crippen molar-refractivity contribution < 1.29 is 9.90 Å². The fourth-order valence-corrected chi connectivity index (χ4v) is 3.19. The SMILES string of the molecule is O=C1CCC(C(O)(c2ccccc2)c2ccccc2)C1. The molecule has 2 aromatic carbocycles. The van der Waals surface area contributed by atoms with E-state index in [0.717, 1.165) is 17.5 Å². The van der Waals surface area contributed by atoms with Crippen LogP contribution in [0, 0.1) is 5.92 Å². The molecule has 20 heavy (non-hydrogen) atoms. The van der Waals surface area contributed by atoms with E-state index in [2.05, 4.69) is 0 Å². The number of ketones is 1. The smallest absolute Gasteiger partial charge is 0.133 e. The van der Waals surface area contributed by atoms with Crippen molar-refractivity contribution in [3.63, 3.8) is 0 Å². The van der Waals surface area contributed by atoms with Crippen LogP contribution < -0.4 is 0 Å². The van der Waals surface area contributed by atoms with Crippen LogP contribution in [0.1, 0.15) is 30.4 Å². The number of hydrogen-bond donors (Lipinski definition) is 1. The van der Waals surface area contributed by atoms with Crippen LogP contribution in [0.15, 0.2) is 60.7 Å². The van der Waals surface area contributed by atoms with E-state index >= 15 is 0 Å². The zero-order chi connectivity index (χ0) is 14.0. The lowest BCUT2D eigenvalue weighted by molar-refractivity contribution is -0.118. The second-order valence-corrected chi connectivity index (χ2v) is 5.48. The van der Waals surface area contributed by atoms with Crippen molar-refractivity contribution in [1.29, 1.82) is 0 Å². The zero-order valence-corrected chi connectivity index (χ0v) is 11.3. The van der Waals surface area contributed by atoms with Gasteiger partial charge < -0.3 is 5.11 Å².